The number of imide groups is 1. The lowest BCUT2D eigenvalue weighted by molar-refractivity contribution is -0.172. The van der Waals surface area contributed by atoms with Crippen molar-refractivity contribution in [3.63, 3.8) is 0 Å². The van der Waals surface area contributed by atoms with Crippen molar-refractivity contribution in [1.82, 2.24) is 5.06 Å². The summed E-state index contributed by atoms with van der Waals surface area (Å²) in [6.07, 6.45) is 0.0637. The van der Waals surface area contributed by atoms with Crippen LogP contribution < -0.4 is 9.80 Å². The van der Waals surface area contributed by atoms with Crippen molar-refractivity contribution in [2.75, 3.05) is 22.9 Å². The molecule has 70 heavy (non-hydrogen) atoms. The molecular formula is C58H46N3O8S+. The van der Waals surface area contributed by atoms with Crippen LogP contribution in [0.15, 0.2) is 161 Å². The number of hydrogen-bond acceptors (Lipinski definition) is 8. The zero-order valence-electron chi connectivity index (χ0n) is 38.8. The maximum Gasteiger partial charge on any atom is 0.367 e. The number of nitrogens with zero attached hydrogens (tertiary/aromatic N) is 3. The van der Waals surface area contributed by atoms with Gasteiger partial charge in [0.15, 0.2) is 0 Å². The second-order valence-corrected chi connectivity index (χ2v) is 21.3. The summed E-state index contributed by atoms with van der Waals surface area (Å²) < 4.78 is 40.5. The van der Waals surface area contributed by atoms with Crippen molar-refractivity contribution in [1.29, 1.82) is 0 Å². The van der Waals surface area contributed by atoms with Crippen LogP contribution >= 0.6 is 0 Å². The standard InChI is InChI=1S/C58H45N3O8S/c1-57(2)32-59(39-23-17-35(18-24-39)34-13-15-38(16-14-34)56(64)69-61-48(62)29-30-49(61)63)52-44-11-7-5-9-42(44)46-31-47-43-10-6-8-12-45(43)53-51(55(47)68-54(46)50(52)57)58(3,4)33-60(53)40-25-19-36(20-26-40)37-21-27-41(28-22-37)70(65,66)67/h5-28,31H,29-30,32-33H2,1-4H3/p+1. The Balaban J connectivity index is 0.951. The second kappa shape index (κ2) is 15.5. The van der Waals surface area contributed by atoms with Gasteiger partial charge in [-0.25, -0.2) is 9.21 Å². The zero-order chi connectivity index (χ0) is 48.4. The molecule has 0 aliphatic carbocycles. The van der Waals surface area contributed by atoms with Crippen LogP contribution in [0.5, 0.6) is 0 Å². The minimum atomic E-state index is -4.29. The van der Waals surface area contributed by atoms with Crippen molar-refractivity contribution in [3.8, 4) is 22.3 Å². The molecule has 346 valence electrons. The molecule has 1 aromatic heterocycles. The molecule has 9 aromatic rings. The Hall–Kier alpha value is -7.93. The van der Waals surface area contributed by atoms with Crippen molar-refractivity contribution >= 4 is 94.1 Å². The fourth-order valence-electron chi connectivity index (χ4n) is 11.0. The maximum absolute atomic E-state index is 12.8. The fourth-order valence-corrected chi connectivity index (χ4v) is 11.5. The normalized spacial score (nSPS) is 16.2. The first-order valence-corrected chi connectivity index (χ1v) is 24.7. The highest BCUT2D eigenvalue weighted by Gasteiger charge is 2.47. The molecule has 1 N–H and O–H groups in total. The highest BCUT2D eigenvalue weighted by Crippen LogP contribution is 2.56. The Bertz CT molecular complexity index is 3820. The van der Waals surface area contributed by atoms with E-state index >= 15 is 0 Å². The predicted molar refractivity (Wildman–Crippen MR) is 273 cm³/mol. The van der Waals surface area contributed by atoms with Gasteiger partial charge in [-0.2, -0.15) is 8.42 Å². The monoisotopic (exact) mass is 944 g/mol. The molecule has 11 nitrogen and oxygen atoms in total. The first-order valence-electron chi connectivity index (χ1n) is 23.3. The Morgan fingerprint density at radius 1 is 0.543 bits per heavy atom. The van der Waals surface area contributed by atoms with Gasteiger partial charge in [0, 0.05) is 69.7 Å². The molecule has 3 aliphatic rings. The van der Waals surface area contributed by atoms with Gasteiger partial charge in [-0.1, -0.05) is 125 Å². The highest BCUT2D eigenvalue weighted by atomic mass is 32.2. The van der Waals surface area contributed by atoms with Gasteiger partial charge < -0.3 is 14.6 Å². The quantitative estimate of drug-likeness (QED) is 0.0541. The minimum Gasteiger partial charge on any atom is -0.340 e. The van der Waals surface area contributed by atoms with Crippen LogP contribution in [0, 0.1) is 0 Å². The molecule has 0 bridgehead atoms. The number of rotatable bonds is 7. The topological polar surface area (TPSA) is 136 Å². The maximum atomic E-state index is 12.8. The zero-order valence-corrected chi connectivity index (χ0v) is 39.6. The Morgan fingerprint density at radius 2 is 0.929 bits per heavy atom. The molecule has 12 rings (SSSR count). The third-order valence-corrected chi connectivity index (χ3v) is 15.2. The largest absolute Gasteiger partial charge is 0.367 e. The summed E-state index contributed by atoms with van der Waals surface area (Å²) in [5.74, 6) is -1.81. The number of fused-ring (bicyclic) bond motifs is 12. The van der Waals surface area contributed by atoms with Crippen molar-refractivity contribution in [2.24, 2.45) is 0 Å². The van der Waals surface area contributed by atoms with Gasteiger partial charge in [-0.15, -0.1) is 5.06 Å². The van der Waals surface area contributed by atoms with E-state index in [2.05, 4.69) is 128 Å². The third-order valence-electron chi connectivity index (χ3n) is 14.3. The summed E-state index contributed by atoms with van der Waals surface area (Å²) in [6, 6.07) is 49.4. The Kier molecular flexibility index (Phi) is 9.63. The average molecular weight is 945 g/mol. The van der Waals surface area contributed by atoms with Gasteiger partial charge in [-0.3, -0.25) is 14.1 Å². The minimum absolute atomic E-state index is 0.0318. The fraction of sp³-hybridized carbons (Fsp3) is 0.172. The first kappa shape index (κ1) is 43.4. The summed E-state index contributed by atoms with van der Waals surface area (Å²) in [7, 11) is -4.29. The average Bonchev–Trinajstić information content (AvgIpc) is 3.96. The number of hydroxylamine groups is 2. The molecular weight excluding hydrogens is 899 g/mol. The number of carbonyl (C=O) groups is 3. The van der Waals surface area contributed by atoms with Gasteiger partial charge >= 0.3 is 17.1 Å². The van der Waals surface area contributed by atoms with E-state index in [9.17, 15) is 27.4 Å². The lowest BCUT2D eigenvalue weighted by Crippen LogP contribution is -2.32. The summed E-state index contributed by atoms with van der Waals surface area (Å²) in [5, 5.41) is 7.19. The molecule has 0 radical (unpaired) electrons. The van der Waals surface area contributed by atoms with E-state index in [1.807, 2.05) is 24.3 Å². The lowest BCUT2D eigenvalue weighted by Gasteiger charge is -2.23. The molecule has 2 amide bonds. The molecule has 0 unspecified atom stereocenters. The van der Waals surface area contributed by atoms with E-state index in [0.29, 0.717) is 18.2 Å². The predicted octanol–water partition coefficient (Wildman–Crippen LogP) is 12.8. The lowest BCUT2D eigenvalue weighted by atomic mass is 9.82. The molecule has 4 heterocycles. The van der Waals surface area contributed by atoms with Crippen LogP contribution in [0.3, 0.4) is 0 Å². The number of amides is 2. The SMILES string of the molecule is CC1(C)CN(c2ccc(-c3ccc(C(=O)ON4C(=O)CCC4=O)cc3)cc2)c2c1c1[o+]c3c4c(c5ccccc5c3cc1c1ccccc21)N(c1ccc(-c2ccc(S(=O)(=O)O)cc2)cc1)CC4(C)C. The molecule has 0 spiro atoms. The smallest absolute Gasteiger partial charge is 0.340 e. The van der Waals surface area contributed by atoms with Gasteiger partial charge in [0.05, 0.1) is 43.7 Å². The summed E-state index contributed by atoms with van der Waals surface area (Å²) in [4.78, 5) is 46.6. The van der Waals surface area contributed by atoms with E-state index in [0.717, 1.165) is 99.6 Å². The van der Waals surface area contributed by atoms with Crippen LogP contribution in [0.1, 0.15) is 62.0 Å². The van der Waals surface area contributed by atoms with E-state index in [1.165, 1.54) is 12.1 Å². The number of carbonyl (C=O) groups excluding carboxylic acids is 3. The number of hydrogen-bond donors (Lipinski definition) is 1. The summed E-state index contributed by atoms with van der Waals surface area (Å²) >= 11 is 0. The van der Waals surface area contributed by atoms with Gasteiger partial charge in [0.2, 0.25) is 0 Å². The van der Waals surface area contributed by atoms with E-state index in [1.54, 1.807) is 24.3 Å². The first-order chi connectivity index (χ1) is 33.6. The molecule has 3 aliphatic heterocycles. The molecule has 0 atom stereocenters. The molecule has 1 saturated heterocycles. The van der Waals surface area contributed by atoms with Gasteiger partial charge in [0.1, 0.15) is 0 Å². The second-order valence-electron chi connectivity index (χ2n) is 19.8. The Labute approximate surface area is 403 Å². The van der Waals surface area contributed by atoms with E-state index in [-0.39, 0.29) is 34.1 Å². The van der Waals surface area contributed by atoms with E-state index < -0.39 is 27.9 Å². The van der Waals surface area contributed by atoms with Crippen molar-refractivity contribution < 1.29 is 36.6 Å². The molecule has 0 saturated carbocycles. The summed E-state index contributed by atoms with van der Waals surface area (Å²) in [6.45, 7) is 10.6. The number of benzene rings is 8. The van der Waals surface area contributed by atoms with Crippen LogP contribution in [-0.4, -0.2) is 48.9 Å². The highest BCUT2D eigenvalue weighted by molar-refractivity contribution is 7.85. The van der Waals surface area contributed by atoms with Crippen molar-refractivity contribution in [2.45, 2.75) is 56.3 Å². The van der Waals surface area contributed by atoms with Crippen LogP contribution in [0.2, 0.25) is 0 Å². The molecule has 12 heteroatoms. The van der Waals surface area contributed by atoms with Crippen LogP contribution in [0.4, 0.5) is 22.7 Å². The van der Waals surface area contributed by atoms with Crippen molar-refractivity contribution in [3.05, 3.63) is 168 Å². The van der Waals surface area contributed by atoms with E-state index in [4.69, 9.17) is 9.25 Å². The van der Waals surface area contributed by atoms with Gasteiger partial charge in [0.25, 0.3) is 21.9 Å². The summed E-state index contributed by atoms with van der Waals surface area (Å²) in [5.41, 5.74) is 11.6. The van der Waals surface area contributed by atoms with Gasteiger partial charge in [-0.05, 0) is 76.9 Å². The molecule has 1 fully saturated rings. The van der Waals surface area contributed by atoms with Crippen LogP contribution in [-0.2, 0) is 35.4 Å². The Morgan fingerprint density at radius 3 is 1.34 bits per heavy atom. The third kappa shape index (κ3) is 6.84. The molecule has 8 aromatic carbocycles. The van der Waals surface area contributed by atoms with Crippen LogP contribution in [0.25, 0.3) is 65.7 Å². The number of anilines is 4.